The highest BCUT2D eigenvalue weighted by molar-refractivity contribution is 5.94. The van der Waals surface area contributed by atoms with Crippen molar-refractivity contribution in [1.82, 2.24) is 20.2 Å². The Kier molecular flexibility index (Phi) is 5.97. The number of rotatable bonds is 5. The maximum absolute atomic E-state index is 11.9. The fourth-order valence-corrected chi connectivity index (χ4v) is 4.67. The smallest absolute Gasteiger partial charge is 0.338 e. The van der Waals surface area contributed by atoms with Crippen LogP contribution >= 0.6 is 0 Å². The number of hydrogen-bond donors (Lipinski definition) is 1. The number of carbonyl (C=O) groups excluding carboxylic acids is 1. The second-order valence-corrected chi connectivity index (χ2v) is 8.56. The van der Waals surface area contributed by atoms with Gasteiger partial charge in [-0.2, -0.15) is 5.26 Å². The first-order valence-electron chi connectivity index (χ1n) is 11.2. The molecule has 3 aromatic rings. The van der Waals surface area contributed by atoms with E-state index in [-0.39, 0.29) is 12.0 Å². The minimum Gasteiger partial charge on any atom is -0.495 e. The number of nitrogens with zero attached hydrogens (tertiary/aromatic N) is 4. The number of benzene rings is 1. The van der Waals surface area contributed by atoms with E-state index in [0.717, 1.165) is 48.6 Å². The van der Waals surface area contributed by atoms with Gasteiger partial charge in [0.05, 0.1) is 24.1 Å². The lowest BCUT2D eigenvalue weighted by molar-refractivity contribution is 0.0535. The first-order valence-corrected chi connectivity index (χ1v) is 11.2. The van der Waals surface area contributed by atoms with Crippen LogP contribution in [-0.2, 0) is 17.9 Å². The molecule has 2 aromatic heterocycles. The second kappa shape index (κ2) is 9.21. The fraction of sp³-hybridized carbons (Fsp3) is 0.308. The fourth-order valence-electron chi connectivity index (χ4n) is 4.67. The van der Waals surface area contributed by atoms with Crippen molar-refractivity contribution in [2.24, 2.45) is 0 Å². The van der Waals surface area contributed by atoms with Gasteiger partial charge in [-0.25, -0.2) is 4.79 Å². The molecule has 0 unspecified atom stereocenters. The van der Waals surface area contributed by atoms with Crippen molar-refractivity contribution in [3.63, 3.8) is 0 Å². The van der Waals surface area contributed by atoms with Crippen LogP contribution in [0.3, 0.4) is 0 Å². The van der Waals surface area contributed by atoms with Crippen LogP contribution in [0.1, 0.15) is 44.2 Å². The van der Waals surface area contributed by atoms with E-state index in [1.165, 1.54) is 18.9 Å². The Morgan fingerprint density at radius 3 is 2.85 bits per heavy atom. The molecule has 2 aliphatic rings. The van der Waals surface area contributed by atoms with Crippen LogP contribution in [0.15, 0.2) is 42.7 Å². The van der Waals surface area contributed by atoms with E-state index in [9.17, 15) is 4.79 Å². The number of ether oxygens (including phenoxy) is 2. The molecule has 4 heterocycles. The van der Waals surface area contributed by atoms with Gasteiger partial charge < -0.3 is 14.8 Å². The zero-order valence-corrected chi connectivity index (χ0v) is 19.2. The molecule has 0 radical (unpaired) electrons. The van der Waals surface area contributed by atoms with Gasteiger partial charge in [0.1, 0.15) is 24.0 Å². The van der Waals surface area contributed by atoms with E-state index in [4.69, 9.17) is 14.7 Å². The molecule has 1 fully saturated rings. The van der Waals surface area contributed by atoms with E-state index >= 15 is 0 Å². The van der Waals surface area contributed by atoms with Crippen molar-refractivity contribution < 1.29 is 14.3 Å². The minimum atomic E-state index is -0.228. The number of methoxy groups -OCH3 is 1. The van der Waals surface area contributed by atoms with E-state index in [1.54, 1.807) is 6.07 Å². The molecule has 0 spiro atoms. The first kappa shape index (κ1) is 22.0. The SMILES string of the molecule is COc1cc(-c2ccc(CN3CCN[C@H](c4ccc5c(c4C)COC5=O)C3)cn2)ncc1C#N. The van der Waals surface area contributed by atoms with Gasteiger partial charge >= 0.3 is 5.97 Å². The Morgan fingerprint density at radius 1 is 1.24 bits per heavy atom. The standard InChI is InChI=1S/C26H25N5O3/c1-16-19(4-5-20-21(16)15-34-26(20)32)24-14-31(8-7-28-24)13-17-3-6-22(29-11-17)23-9-25(33-2)18(10-27)12-30-23/h3-6,9,11-12,24,28H,7-8,13-15H2,1-2H3/t24-/m0/s1. The third-order valence-electron chi connectivity index (χ3n) is 6.54. The van der Waals surface area contributed by atoms with Crippen molar-refractivity contribution in [3.8, 4) is 23.2 Å². The number of hydrogen-bond acceptors (Lipinski definition) is 8. The number of pyridine rings is 2. The quantitative estimate of drug-likeness (QED) is 0.586. The summed E-state index contributed by atoms with van der Waals surface area (Å²) in [5, 5.41) is 12.8. The van der Waals surface area contributed by atoms with Crippen LogP contribution in [0.25, 0.3) is 11.4 Å². The lowest BCUT2D eigenvalue weighted by atomic mass is 9.93. The number of piperazine rings is 1. The molecule has 0 aliphatic carbocycles. The highest BCUT2D eigenvalue weighted by Crippen LogP contribution is 2.30. The van der Waals surface area contributed by atoms with Gasteiger partial charge in [0.2, 0.25) is 0 Å². The van der Waals surface area contributed by atoms with Gasteiger partial charge in [-0.15, -0.1) is 0 Å². The lowest BCUT2D eigenvalue weighted by Gasteiger charge is -2.34. The van der Waals surface area contributed by atoms with Crippen LogP contribution in [0.5, 0.6) is 5.75 Å². The normalized spacial score (nSPS) is 17.7. The van der Waals surface area contributed by atoms with Crippen LogP contribution < -0.4 is 10.1 Å². The van der Waals surface area contributed by atoms with E-state index in [2.05, 4.69) is 45.3 Å². The molecule has 5 rings (SSSR count). The highest BCUT2D eigenvalue weighted by atomic mass is 16.5. The Morgan fingerprint density at radius 2 is 2.09 bits per heavy atom. The first-order chi connectivity index (χ1) is 16.6. The predicted octanol–water partition coefficient (Wildman–Crippen LogP) is 3.15. The largest absolute Gasteiger partial charge is 0.495 e. The van der Waals surface area contributed by atoms with Gasteiger partial charge in [0, 0.05) is 56.2 Å². The summed E-state index contributed by atoms with van der Waals surface area (Å²) in [4.78, 5) is 23.2. The maximum atomic E-state index is 11.9. The van der Waals surface area contributed by atoms with Crippen molar-refractivity contribution in [2.75, 3.05) is 26.7 Å². The monoisotopic (exact) mass is 455 g/mol. The number of nitrogens with one attached hydrogen (secondary N) is 1. The summed E-state index contributed by atoms with van der Waals surface area (Å²) < 4.78 is 10.5. The molecule has 0 amide bonds. The maximum Gasteiger partial charge on any atom is 0.338 e. The summed E-state index contributed by atoms with van der Waals surface area (Å²) in [6, 6.07) is 12.0. The number of nitriles is 1. The molecule has 1 N–H and O–H groups in total. The van der Waals surface area contributed by atoms with Crippen LogP contribution in [0.2, 0.25) is 0 Å². The van der Waals surface area contributed by atoms with Crippen molar-refractivity contribution in [3.05, 3.63) is 76.1 Å². The topological polar surface area (TPSA) is 100 Å². The van der Waals surface area contributed by atoms with Gasteiger partial charge in [-0.1, -0.05) is 12.1 Å². The van der Waals surface area contributed by atoms with Crippen molar-refractivity contribution >= 4 is 5.97 Å². The molecule has 8 nitrogen and oxygen atoms in total. The van der Waals surface area contributed by atoms with Gasteiger partial charge in [-0.3, -0.25) is 14.9 Å². The summed E-state index contributed by atoms with van der Waals surface area (Å²) in [6.07, 6.45) is 3.38. The molecule has 1 aromatic carbocycles. The Bertz CT molecular complexity index is 1280. The van der Waals surface area contributed by atoms with Gasteiger partial charge in [0.25, 0.3) is 0 Å². The van der Waals surface area contributed by atoms with E-state index in [0.29, 0.717) is 29.2 Å². The average Bonchev–Trinajstić information content (AvgIpc) is 3.26. The van der Waals surface area contributed by atoms with Crippen LogP contribution in [-0.4, -0.2) is 47.6 Å². The molecular formula is C26H25N5O3. The molecule has 1 saturated heterocycles. The molecule has 34 heavy (non-hydrogen) atoms. The molecule has 0 bridgehead atoms. The van der Waals surface area contributed by atoms with Gasteiger partial charge in [0.15, 0.2) is 0 Å². The summed E-state index contributed by atoms with van der Waals surface area (Å²) in [5.74, 6) is 0.261. The Balaban J connectivity index is 1.28. The van der Waals surface area contributed by atoms with Gasteiger partial charge in [-0.05, 0) is 35.7 Å². The summed E-state index contributed by atoms with van der Waals surface area (Å²) >= 11 is 0. The molecule has 1 atom stereocenters. The Labute approximate surface area is 198 Å². The van der Waals surface area contributed by atoms with Crippen LogP contribution in [0, 0.1) is 18.3 Å². The average molecular weight is 456 g/mol. The molecule has 8 heteroatoms. The number of cyclic esters (lactones) is 1. The summed E-state index contributed by atoms with van der Waals surface area (Å²) in [6.45, 7) is 5.93. The lowest BCUT2D eigenvalue weighted by Crippen LogP contribution is -2.45. The highest BCUT2D eigenvalue weighted by Gasteiger charge is 2.28. The molecule has 0 saturated carbocycles. The third kappa shape index (κ3) is 4.12. The Hall–Kier alpha value is -3.80. The van der Waals surface area contributed by atoms with E-state index in [1.807, 2.05) is 18.3 Å². The molecular weight excluding hydrogens is 430 g/mol. The summed E-state index contributed by atoms with van der Waals surface area (Å²) in [5.41, 5.74) is 6.97. The molecule has 2 aliphatic heterocycles. The van der Waals surface area contributed by atoms with Crippen molar-refractivity contribution in [1.29, 1.82) is 5.26 Å². The zero-order valence-electron chi connectivity index (χ0n) is 19.2. The predicted molar refractivity (Wildman–Crippen MR) is 125 cm³/mol. The third-order valence-corrected chi connectivity index (χ3v) is 6.54. The summed E-state index contributed by atoms with van der Waals surface area (Å²) in [7, 11) is 1.54. The second-order valence-electron chi connectivity index (χ2n) is 8.56. The van der Waals surface area contributed by atoms with Crippen molar-refractivity contribution in [2.45, 2.75) is 26.1 Å². The number of aromatic nitrogens is 2. The van der Waals surface area contributed by atoms with Crippen LogP contribution in [0.4, 0.5) is 0 Å². The minimum absolute atomic E-state index is 0.192. The number of esters is 1. The van der Waals surface area contributed by atoms with E-state index < -0.39 is 0 Å². The number of fused-ring (bicyclic) bond motifs is 1. The molecule has 172 valence electrons. The number of carbonyl (C=O) groups is 1. The zero-order chi connectivity index (χ0) is 23.7.